The summed E-state index contributed by atoms with van der Waals surface area (Å²) in [5.41, 5.74) is 0. The van der Waals surface area contributed by atoms with E-state index in [-0.39, 0.29) is 6.10 Å². The molecular formula is C13H22N4O2. The van der Waals surface area contributed by atoms with Gasteiger partial charge in [0.2, 0.25) is 11.8 Å². The molecule has 0 amide bonds. The second-order valence-corrected chi connectivity index (χ2v) is 5.04. The molecule has 0 aromatic carbocycles. The molecule has 1 aliphatic rings. The molecule has 106 valence electrons. The molecular weight excluding hydrogens is 244 g/mol. The fourth-order valence-electron chi connectivity index (χ4n) is 2.39. The van der Waals surface area contributed by atoms with Crippen molar-refractivity contribution in [3.8, 4) is 5.88 Å². The Labute approximate surface area is 114 Å². The van der Waals surface area contributed by atoms with Crippen LogP contribution >= 0.6 is 0 Å². The number of ether oxygens (including phenoxy) is 1. The van der Waals surface area contributed by atoms with Gasteiger partial charge in [-0.15, -0.1) is 0 Å². The van der Waals surface area contributed by atoms with Crippen LogP contribution in [0.15, 0.2) is 12.3 Å². The van der Waals surface area contributed by atoms with Gasteiger partial charge in [0.15, 0.2) is 0 Å². The molecule has 0 radical (unpaired) electrons. The molecule has 2 atom stereocenters. The van der Waals surface area contributed by atoms with Crippen molar-refractivity contribution in [2.75, 3.05) is 38.2 Å². The summed E-state index contributed by atoms with van der Waals surface area (Å²) in [6, 6.07) is 2.12. The summed E-state index contributed by atoms with van der Waals surface area (Å²) in [6.45, 7) is 7.34. The molecule has 1 fully saturated rings. The van der Waals surface area contributed by atoms with Gasteiger partial charge in [-0.05, 0) is 13.8 Å². The number of piperazine rings is 1. The lowest BCUT2D eigenvalue weighted by atomic mass is 10.2. The van der Waals surface area contributed by atoms with E-state index in [4.69, 9.17) is 4.74 Å². The molecule has 2 heterocycles. The maximum Gasteiger partial charge on any atom is 0.228 e. The van der Waals surface area contributed by atoms with E-state index in [1.807, 2.05) is 6.92 Å². The van der Waals surface area contributed by atoms with Crippen molar-refractivity contribution in [2.24, 2.45) is 0 Å². The summed E-state index contributed by atoms with van der Waals surface area (Å²) in [5, 5.41) is 9.48. The molecule has 1 aliphatic heterocycles. The van der Waals surface area contributed by atoms with Crippen LogP contribution in [0.4, 0.5) is 5.95 Å². The van der Waals surface area contributed by atoms with Crippen molar-refractivity contribution in [3.63, 3.8) is 0 Å². The number of aromatic nitrogens is 2. The van der Waals surface area contributed by atoms with E-state index in [1.54, 1.807) is 19.4 Å². The number of hydrogen-bond acceptors (Lipinski definition) is 6. The number of aliphatic hydroxyl groups excluding tert-OH is 1. The van der Waals surface area contributed by atoms with Gasteiger partial charge in [0.05, 0.1) is 13.2 Å². The van der Waals surface area contributed by atoms with Gasteiger partial charge in [-0.3, -0.25) is 4.90 Å². The first-order chi connectivity index (χ1) is 9.10. The smallest absolute Gasteiger partial charge is 0.228 e. The van der Waals surface area contributed by atoms with E-state index in [2.05, 4.69) is 26.7 Å². The topological polar surface area (TPSA) is 61.7 Å². The molecule has 0 aliphatic carbocycles. The van der Waals surface area contributed by atoms with E-state index >= 15 is 0 Å². The number of methoxy groups -OCH3 is 1. The summed E-state index contributed by atoms with van der Waals surface area (Å²) in [7, 11) is 1.61. The first-order valence-electron chi connectivity index (χ1n) is 6.64. The number of aliphatic hydroxyl groups is 1. The Balaban J connectivity index is 2.01. The third-order valence-corrected chi connectivity index (χ3v) is 3.37. The predicted molar refractivity (Wildman–Crippen MR) is 73.5 cm³/mol. The summed E-state index contributed by atoms with van der Waals surface area (Å²) in [5.74, 6) is 1.30. The third-order valence-electron chi connectivity index (χ3n) is 3.37. The molecule has 6 heteroatoms. The molecule has 0 bridgehead atoms. The van der Waals surface area contributed by atoms with Crippen LogP contribution in [-0.4, -0.2) is 65.4 Å². The van der Waals surface area contributed by atoms with E-state index in [0.29, 0.717) is 24.4 Å². The van der Waals surface area contributed by atoms with Gasteiger partial charge in [-0.25, -0.2) is 4.98 Å². The van der Waals surface area contributed by atoms with E-state index in [9.17, 15) is 5.11 Å². The molecule has 19 heavy (non-hydrogen) atoms. The zero-order valence-electron chi connectivity index (χ0n) is 11.8. The van der Waals surface area contributed by atoms with Crippen molar-refractivity contribution in [2.45, 2.75) is 26.0 Å². The quantitative estimate of drug-likeness (QED) is 0.850. The normalized spacial score (nSPS) is 22.3. The molecule has 0 saturated carbocycles. The van der Waals surface area contributed by atoms with Crippen LogP contribution in [0.25, 0.3) is 0 Å². The largest absolute Gasteiger partial charge is 0.481 e. The SMILES string of the molecule is COc1ccnc(N2CCN(C[C@H](C)O)[C@@H](C)C2)n1. The van der Waals surface area contributed by atoms with Gasteiger partial charge < -0.3 is 14.7 Å². The molecule has 1 aromatic heterocycles. The number of hydrogen-bond donors (Lipinski definition) is 1. The molecule has 0 unspecified atom stereocenters. The number of nitrogens with zero attached hydrogens (tertiary/aromatic N) is 4. The molecule has 1 aromatic rings. The summed E-state index contributed by atoms with van der Waals surface area (Å²) >= 11 is 0. The summed E-state index contributed by atoms with van der Waals surface area (Å²) in [4.78, 5) is 13.1. The monoisotopic (exact) mass is 266 g/mol. The second-order valence-electron chi connectivity index (χ2n) is 5.04. The lowest BCUT2D eigenvalue weighted by molar-refractivity contribution is 0.0957. The Hall–Kier alpha value is -1.40. The van der Waals surface area contributed by atoms with Gasteiger partial charge >= 0.3 is 0 Å². The Morgan fingerprint density at radius 3 is 2.95 bits per heavy atom. The molecule has 2 rings (SSSR count). The lowest BCUT2D eigenvalue weighted by Crippen LogP contribution is -2.53. The second kappa shape index (κ2) is 6.16. The van der Waals surface area contributed by atoms with Gasteiger partial charge in [-0.1, -0.05) is 0 Å². The molecule has 1 saturated heterocycles. The highest BCUT2D eigenvalue weighted by Crippen LogP contribution is 2.17. The first-order valence-corrected chi connectivity index (χ1v) is 6.64. The zero-order chi connectivity index (χ0) is 13.8. The Morgan fingerprint density at radius 2 is 2.32 bits per heavy atom. The number of β-amino-alcohol motifs (C(OH)–C–C–N with tert-alkyl or cyclic N) is 1. The van der Waals surface area contributed by atoms with Crippen molar-refractivity contribution >= 4 is 5.95 Å². The maximum absolute atomic E-state index is 9.48. The fourth-order valence-corrected chi connectivity index (χ4v) is 2.39. The Morgan fingerprint density at radius 1 is 1.53 bits per heavy atom. The van der Waals surface area contributed by atoms with E-state index in [1.165, 1.54) is 0 Å². The standard InChI is InChI=1S/C13H22N4O2/c1-10-8-17(7-6-16(10)9-11(2)18)13-14-5-4-12(15-13)19-3/h4-5,10-11,18H,6-9H2,1-3H3/t10-,11-/m0/s1. The predicted octanol–water partition coefficient (Wildman–Crippen LogP) is 0.376. The fraction of sp³-hybridized carbons (Fsp3) is 0.692. The van der Waals surface area contributed by atoms with Crippen molar-refractivity contribution < 1.29 is 9.84 Å². The van der Waals surface area contributed by atoms with Gasteiger partial charge in [-0.2, -0.15) is 4.98 Å². The minimum Gasteiger partial charge on any atom is -0.481 e. The first kappa shape index (κ1) is 14.0. The van der Waals surface area contributed by atoms with E-state index < -0.39 is 0 Å². The molecule has 0 spiro atoms. The van der Waals surface area contributed by atoms with Crippen LogP contribution in [0.1, 0.15) is 13.8 Å². The van der Waals surface area contributed by atoms with Gasteiger partial charge in [0, 0.05) is 44.5 Å². The maximum atomic E-state index is 9.48. The van der Waals surface area contributed by atoms with Crippen molar-refractivity contribution in [3.05, 3.63) is 12.3 Å². The van der Waals surface area contributed by atoms with Crippen molar-refractivity contribution in [1.29, 1.82) is 0 Å². The van der Waals surface area contributed by atoms with Crippen LogP contribution in [0.3, 0.4) is 0 Å². The van der Waals surface area contributed by atoms with E-state index in [0.717, 1.165) is 19.6 Å². The highest BCUT2D eigenvalue weighted by molar-refractivity contribution is 5.33. The minimum absolute atomic E-state index is 0.290. The average molecular weight is 266 g/mol. The lowest BCUT2D eigenvalue weighted by Gasteiger charge is -2.40. The molecule has 6 nitrogen and oxygen atoms in total. The van der Waals surface area contributed by atoms with Crippen molar-refractivity contribution in [1.82, 2.24) is 14.9 Å². The number of anilines is 1. The van der Waals surface area contributed by atoms with Crippen LogP contribution in [0.5, 0.6) is 5.88 Å². The highest BCUT2D eigenvalue weighted by Gasteiger charge is 2.25. The van der Waals surface area contributed by atoms with Crippen LogP contribution < -0.4 is 9.64 Å². The van der Waals surface area contributed by atoms with Crippen LogP contribution in [-0.2, 0) is 0 Å². The molecule has 1 N–H and O–H groups in total. The zero-order valence-corrected chi connectivity index (χ0v) is 11.8. The van der Waals surface area contributed by atoms with Gasteiger partial charge in [0.25, 0.3) is 0 Å². The van der Waals surface area contributed by atoms with Gasteiger partial charge in [0.1, 0.15) is 0 Å². The highest BCUT2D eigenvalue weighted by atomic mass is 16.5. The van der Waals surface area contributed by atoms with Crippen LogP contribution in [0, 0.1) is 0 Å². The number of rotatable bonds is 4. The Bertz CT molecular complexity index is 413. The van der Waals surface area contributed by atoms with Crippen LogP contribution in [0.2, 0.25) is 0 Å². The Kier molecular flexibility index (Phi) is 4.55. The summed E-state index contributed by atoms with van der Waals surface area (Å²) in [6.07, 6.45) is 1.43. The average Bonchev–Trinajstić information content (AvgIpc) is 2.40. The third kappa shape index (κ3) is 3.54. The minimum atomic E-state index is -0.290. The summed E-state index contributed by atoms with van der Waals surface area (Å²) < 4.78 is 5.13.